The summed E-state index contributed by atoms with van der Waals surface area (Å²) in [6.07, 6.45) is 0. The predicted octanol–water partition coefficient (Wildman–Crippen LogP) is 2.81. The van der Waals surface area contributed by atoms with Crippen LogP contribution in [0.2, 0.25) is 5.02 Å². The minimum atomic E-state index is -0.339. The van der Waals surface area contributed by atoms with Gasteiger partial charge in [-0.25, -0.2) is 0 Å². The van der Waals surface area contributed by atoms with Crippen LogP contribution in [-0.2, 0) is 4.79 Å². The summed E-state index contributed by atoms with van der Waals surface area (Å²) in [7, 11) is 0. The van der Waals surface area contributed by atoms with Gasteiger partial charge in [-0.3, -0.25) is 4.79 Å². The van der Waals surface area contributed by atoms with Crippen LogP contribution in [0.1, 0.15) is 5.56 Å². The predicted molar refractivity (Wildman–Crippen MR) is 81.1 cm³/mol. The molecule has 0 unspecified atom stereocenters. The van der Waals surface area contributed by atoms with Crippen molar-refractivity contribution in [2.75, 3.05) is 17.7 Å². The quantitative estimate of drug-likeness (QED) is 0.850. The summed E-state index contributed by atoms with van der Waals surface area (Å²) in [5, 5.41) is 11.8. The number of hydrogen-bond donors (Lipinski definition) is 2. The maximum atomic E-state index is 11.8. The van der Waals surface area contributed by atoms with Crippen molar-refractivity contribution < 1.29 is 9.53 Å². The van der Waals surface area contributed by atoms with Gasteiger partial charge in [0.2, 0.25) is 0 Å². The van der Waals surface area contributed by atoms with Crippen LogP contribution in [-0.4, -0.2) is 12.5 Å². The lowest BCUT2D eigenvalue weighted by atomic mass is 10.2. The van der Waals surface area contributed by atoms with Crippen molar-refractivity contribution >= 4 is 28.9 Å². The molecule has 2 aromatic rings. The fourth-order valence-corrected chi connectivity index (χ4v) is 1.79. The van der Waals surface area contributed by atoms with Crippen molar-refractivity contribution in [2.24, 2.45) is 0 Å². The maximum Gasteiger partial charge on any atom is 0.262 e. The molecule has 5 nitrogen and oxygen atoms in total. The molecule has 0 spiro atoms. The van der Waals surface area contributed by atoms with Crippen LogP contribution in [0.4, 0.5) is 11.4 Å². The molecule has 0 aliphatic rings. The standard InChI is InChI=1S/C15H12ClN3O2/c16-11-3-6-14(13(18)7-11)19-15(20)9-21-12-4-1-10(8-17)2-5-12/h1-7H,9,18H2,(H,19,20). The Hall–Kier alpha value is -2.71. The van der Waals surface area contributed by atoms with Crippen LogP contribution in [0.15, 0.2) is 42.5 Å². The van der Waals surface area contributed by atoms with Gasteiger partial charge in [0.25, 0.3) is 5.91 Å². The van der Waals surface area contributed by atoms with Crippen LogP contribution in [0, 0.1) is 11.3 Å². The second-order valence-corrected chi connectivity index (χ2v) is 4.64. The molecule has 0 bridgehead atoms. The Morgan fingerprint density at radius 2 is 2.00 bits per heavy atom. The van der Waals surface area contributed by atoms with Crippen molar-refractivity contribution in [2.45, 2.75) is 0 Å². The minimum Gasteiger partial charge on any atom is -0.484 e. The Labute approximate surface area is 126 Å². The molecular formula is C15H12ClN3O2. The number of anilines is 2. The molecule has 21 heavy (non-hydrogen) atoms. The number of ether oxygens (including phenoxy) is 1. The van der Waals surface area contributed by atoms with Crippen molar-refractivity contribution in [3.05, 3.63) is 53.1 Å². The molecule has 0 radical (unpaired) electrons. The lowest BCUT2D eigenvalue weighted by Crippen LogP contribution is -2.20. The molecular weight excluding hydrogens is 290 g/mol. The fourth-order valence-electron chi connectivity index (χ4n) is 1.61. The highest BCUT2D eigenvalue weighted by Gasteiger charge is 2.06. The molecule has 106 valence electrons. The summed E-state index contributed by atoms with van der Waals surface area (Å²) in [5.41, 5.74) is 7.13. The SMILES string of the molecule is N#Cc1ccc(OCC(=O)Nc2ccc(Cl)cc2N)cc1. The number of carbonyl (C=O) groups is 1. The summed E-state index contributed by atoms with van der Waals surface area (Å²) in [4.78, 5) is 11.8. The van der Waals surface area contributed by atoms with Gasteiger partial charge in [-0.2, -0.15) is 5.26 Å². The Bertz CT molecular complexity index is 693. The van der Waals surface area contributed by atoms with Crippen LogP contribution in [0.3, 0.4) is 0 Å². The van der Waals surface area contributed by atoms with Crippen LogP contribution in [0.25, 0.3) is 0 Å². The molecule has 0 fully saturated rings. The molecule has 0 heterocycles. The molecule has 0 atom stereocenters. The molecule has 0 saturated heterocycles. The molecule has 6 heteroatoms. The third-order valence-electron chi connectivity index (χ3n) is 2.64. The lowest BCUT2D eigenvalue weighted by molar-refractivity contribution is -0.118. The second kappa shape index (κ2) is 6.64. The third kappa shape index (κ3) is 4.13. The van der Waals surface area contributed by atoms with E-state index in [9.17, 15) is 4.79 Å². The van der Waals surface area contributed by atoms with Crippen LogP contribution < -0.4 is 15.8 Å². The topological polar surface area (TPSA) is 88.1 Å². The number of amides is 1. The minimum absolute atomic E-state index is 0.159. The largest absolute Gasteiger partial charge is 0.484 e. The van der Waals surface area contributed by atoms with E-state index in [-0.39, 0.29) is 12.5 Å². The van der Waals surface area contributed by atoms with E-state index in [0.29, 0.717) is 27.7 Å². The van der Waals surface area contributed by atoms with E-state index in [1.165, 1.54) is 0 Å². The van der Waals surface area contributed by atoms with Gasteiger partial charge in [-0.15, -0.1) is 0 Å². The van der Waals surface area contributed by atoms with E-state index in [2.05, 4.69) is 5.32 Å². The van der Waals surface area contributed by atoms with E-state index >= 15 is 0 Å². The number of hydrogen-bond acceptors (Lipinski definition) is 4. The van der Waals surface area contributed by atoms with Gasteiger partial charge in [-0.05, 0) is 42.5 Å². The highest BCUT2D eigenvalue weighted by Crippen LogP contribution is 2.22. The normalized spacial score (nSPS) is 9.71. The van der Waals surface area contributed by atoms with Crippen molar-refractivity contribution in [3.63, 3.8) is 0 Å². The van der Waals surface area contributed by atoms with E-state index < -0.39 is 0 Å². The number of nitrogens with zero attached hydrogens (tertiary/aromatic N) is 1. The molecule has 0 aliphatic heterocycles. The zero-order chi connectivity index (χ0) is 15.2. The lowest BCUT2D eigenvalue weighted by Gasteiger charge is -2.09. The van der Waals surface area contributed by atoms with Gasteiger partial charge in [-0.1, -0.05) is 11.6 Å². The van der Waals surface area contributed by atoms with E-state index in [4.69, 9.17) is 27.3 Å². The number of benzene rings is 2. The number of nitrogens with one attached hydrogen (secondary N) is 1. The van der Waals surface area contributed by atoms with Crippen LogP contribution >= 0.6 is 11.6 Å². The average molecular weight is 302 g/mol. The van der Waals surface area contributed by atoms with Gasteiger partial charge in [0.05, 0.1) is 23.0 Å². The summed E-state index contributed by atoms with van der Waals surface area (Å²) in [6, 6.07) is 13.3. The van der Waals surface area contributed by atoms with Crippen LogP contribution in [0.5, 0.6) is 5.75 Å². The number of nitrogen functional groups attached to an aromatic ring is 1. The molecule has 3 N–H and O–H groups in total. The van der Waals surface area contributed by atoms with Crippen molar-refractivity contribution in [1.82, 2.24) is 0 Å². The van der Waals surface area contributed by atoms with E-state index in [1.807, 2.05) is 6.07 Å². The first kappa shape index (κ1) is 14.7. The highest BCUT2D eigenvalue weighted by molar-refractivity contribution is 6.31. The number of nitrogens with two attached hydrogens (primary N) is 1. The molecule has 2 rings (SSSR count). The van der Waals surface area contributed by atoms with Gasteiger partial charge in [0.15, 0.2) is 6.61 Å². The first-order valence-corrected chi connectivity index (χ1v) is 6.44. The van der Waals surface area contributed by atoms with Gasteiger partial charge in [0, 0.05) is 5.02 Å². The maximum absolute atomic E-state index is 11.8. The first-order valence-electron chi connectivity index (χ1n) is 6.06. The van der Waals surface area contributed by atoms with Crippen molar-refractivity contribution in [1.29, 1.82) is 5.26 Å². The third-order valence-corrected chi connectivity index (χ3v) is 2.88. The average Bonchev–Trinajstić information content (AvgIpc) is 2.48. The molecule has 0 aromatic heterocycles. The summed E-state index contributed by atoms with van der Waals surface area (Å²) < 4.78 is 5.31. The zero-order valence-corrected chi connectivity index (χ0v) is 11.7. The van der Waals surface area contributed by atoms with Gasteiger partial charge < -0.3 is 15.8 Å². The van der Waals surface area contributed by atoms with E-state index in [1.54, 1.807) is 42.5 Å². The molecule has 1 amide bonds. The zero-order valence-electron chi connectivity index (χ0n) is 11.0. The molecule has 0 aliphatic carbocycles. The number of halogens is 1. The van der Waals surface area contributed by atoms with Gasteiger partial charge in [0.1, 0.15) is 5.75 Å². The molecule has 2 aromatic carbocycles. The second-order valence-electron chi connectivity index (χ2n) is 4.20. The first-order chi connectivity index (χ1) is 10.1. The van der Waals surface area contributed by atoms with Crippen molar-refractivity contribution in [3.8, 4) is 11.8 Å². The summed E-state index contributed by atoms with van der Waals surface area (Å²) in [6.45, 7) is -0.159. The highest BCUT2D eigenvalue weighted by atomic mass is 35.5. The molecule has 0 saturated carbocycles. The number of carbonyl (C=O) groups excluding carboxylic acids is 1. The fraction of sp³-hybridized carbons (Fsp3) is 0.0667. The Morgan fingerprint density at radius 3 is 2.62 bits per heavy atom. The Morgan fingerprint density at radius 1 is 1.29 bits per heavy atom. The number of nitriles is 1. The Kier molecular flexibility index (Phi) is 4.64. The van der Waals surface area contributed by atoms with E-state index in [0.717, 1.165) is 0 Å². The number of rotatable bonds is 4. The summed E-state index contributed by atoms with van der Waals surface area (Å²) >= 11 is 5.78. The smallest absolute Gasteiger partial charge is 0.262 e. The monoisotopic (exact) mass is 301 g/mol. The summed E-state index contributed by atoms with van der Waals surface area (Å²) in [5.74, 6) is 0.168. The van der Waals surface area contributed by atoms with Gasteiger partial charge >= 0.3 is 0 Å². The Balaban J connectivity index is 1.91.